The van der Waals surface area contributed by atoms with Gasteiger partial charge in [0.1, 0.15) is 17.5 Å². The average molecular weight is 487 g/mol. The van der Waals surface area contributed by atoms with E-state index >= 15 is 0 Å². The Labute approximate surface area is 208 Å². The van der Waals surface area contributed by atoms with Crippen molar-refractivity contribution >= 4 is 40.7 Å². The Morgan fingerprint density at radius 1 is 0.972 bits per heavy atom. The van der Waals surface area contributed by atoms with Crippen LogP contribution in [0.25, 0.3) is 0 Å². The number of nitrogens with one attached hydrogen (secondary N) is 3. The summed E-state index contributed by atoms with van der Waals surface area (Å²) in [5.41, 5.74) is 2.39. The number of hydrogen-bond acceptors (Lipinski definition) is 8. The highest BCUT2D eigenvalue weighted by Crippen LogP contribution is 2.22. The highest BCUT2D eigenvalue weighted by Gasteiger charge is 2.20. The molecule has 184 valence electrons. The van der Waals surface area contributed by atoms with Gasteiger partial charge in [0.05, 0.1) is 18.2 Å². The predicted molar refractivity (Wildman–Crippen MR) is 137 cm³/mol. The predicted octanol–water partition coefficient (Wildman–Crippen LogP) is 3.25. The molecule has 3 aromatic rings. The summed E-state index contributed by atoms with van der Waals surface area (Å²) in [4.78, 5) is 36.3. The Bertz CT molecular complexity index is 1280. The first-order valence-electron chi connectivity index (χ1n) is 11.4. The summed E-state index contributed by atoms with van der Waals surface area (Å²) in [6, 6.07) is 17.4. The van der Waals surface area contributed by atoms with Crippen LogP contribution in [0.2, 0.25) is 0 Å². The van der Waals surface area contributed by atoms with Crippen molar-refractivity contribution in [2.45, 2.75) is 6.92 Å². The molecule has 11 nitrogen and oxygen atoms in total. The van der Waals surface area contributed by atoms with Crippen molar-refractivity contribution in [2.24, 2.45) is 0 Å². The largest absolute Gasteiger partial charge is 0.480 e. The van der Waals surface area contributed by atoms with Gasteiger partial charge in [-0.2, -0.15) is 5.26 Å². The molecule has 4 N–H and O–H groups in total. The van der Waals surface area contributed by atoms with Crippen molar-refractivity contribution in [3.05, 3.63) is 66.0 Å². The molecule has 0 atom stereocenters. The number of benzene rings is 2. The number of piperazine rings is 1. The topological polar surface area (TPSA) is 147 Å². The van der Waals surface area contributed by atoms with Crippen LogP contribution in [0.4, 0.5) is 33.5 Å². The summed E-state index contributed by atoms with van der Waals surface area (Å²) < 4.78 is 0. The highest BCUT2D eigenvalue weighted by molar-refractivity contribution is 5.99. The van der Waals surface area contributed by atoms with Gasteiger partial charge < -0.3 is 26.0 Å². The minimum atomic E-state index is -0.819. The van der Waals surface area contributed by atoms with Gasteiger partial charge in [0.25, 0.3) is 0 Å². The van der Waals surface area contributed by atoms with Gasteiger partial charge in [-0.1, -0.05) is 6.07 Å². The fourth-order valence-corrected chi connectivity index (χ4v) is 3.85. The smallest absolute Gasteiger partial charge is 0.323 e. The second-order valence-electron chi connectivity index (χ2n) is 8.29. The third-order valence-electron chi connectivity index (χ3n) is 5.54. The number of nitriles is 1. The molecule has 1 aliphatic rings. The number of nitrogens with zero attached hydrogens (tertiary/aromatic N) is 5. The lowest BCUT2D eigenvalue weighted by Gasteiger charge is -2.34. The molecule has 11 heteroatoms. The first-order chi connectivity index (χ1) is 17.4. The number of carbonyl (C=O) groups is 2. The fraction of sp³-hybridized carbons (Fsp3) is 0.240. The number of urea groups is 1. The molecule has 36 heavy (non-hydrogen) atoms. The van der Waals surface area contributed by atoms with Crippen molar-refractivity contribution in [3.63, 3.8) is 0 Å². The molecular weight excluding hydrogens is 460 g/mol. The van der Waals surface area contributed by atoms with Gasteiger partial charge in [0.15, 0.2) is 0 Å². The molecule has 1 aromatic heterocycles. The van der Waals surface area contributed by atoms with E-state index in [9.17, 15) is 9.59 Å². The summed E-state index contributed by atoms with van der Waals surface area (Å²) in [5, 5.41) is 26.7. The Morgan fingerprint density at radius 2 is 1.67 bits per heavy atom. The van der Waals surface area contributed by atoms with Crippen LogP contribution in [0.15, 0.2) is 54.6 Å². The van der Waals surface area contributed by atoms with E-state index in [1.54, 1.807) is 36.4 Å². The molecule has 0 saturated carbocycles. The second-order valence-corrected chi connectivity index (χ2v) is 8.29. The van der Waals surface area contributed by atoms with Crippen molar-refractivity contribution in [2.75, 3.05) is 53.6 Å². The van der Waals surface area contributed by atoms with Crippen LogP contribution in [0.5, 0.6) is 0 Å². The Hall–Kier alpha value is -4.69. The molecule has 2 amide bonds. The number of hydrogen-bond donors (Lipinski definition) is 4. The summed E-state index contributed by atoms with van der Waals surface area (Å²) in [6.45, 7) is 4.56. The van der Waals surface area contributed by atoms with Crippen LogP contribution in [-0.4, -0.2) is 64.7 Å². The maximum atomic E-state index is 12.3. The summed E-state index contributed by atoms with van der Waals surface area (Å²) >= 11 is 0. The van der Waals surface area contributed by atoms with E-state index < -0.39 is 12.0 Å². The highest BCUT2D eigenvalue weighted by atomic mass is 16.4. The zero-order valence-corrected chi connectivity index (χ0v) is 19.7. The molecule has 1 aliphatic heterocycles. The number of anilines is 5. The normalized spacial score (nSPS) is 13.5. The van der Waals surface area contributed by atoms with Gasteiger partial charge in [-0.25, -0.2) is 14.8 Å². The lowest BCUT2D eigenvalue weighted by Crippen LogP contribution is -2.48. The SMILES string of the molecule is Cc1nc(Nc2ccc(NC(=O)Nc3cccc(C#N)c3)cc2)cc(N2CCN(CC(=O)O)CC2)n1. The first-order valence-corrected chi connectivity index (χ1v) is 11.4. The van der Waals surface area contributed by atoms with Gasteiger partial charge in [-0.15, -0.1) is 0 Å². The van der Waals surface area contributed by atoms with E-state index in [0.29, 0.717) is 54.8 Å². The quantitative estimate of drug-likeness (QED) is 0.395. The molecule has 0 radical (unpaired) electrons. The monoisotopic (exact) mass is 486 g/mol. The van der Waals surface area contributed by atoms with Crippen LogP contribution in [0.3, 0.4) is 0 Å². The lowest BCUT2D eigenvalue weighted by atomic mass is 10.2. The maximum absolute atomic E-state index is 12.3. The summed E-state index contributed by atoms with van der Waals surface area (Å²) in [6.07, 6.45) is 0. The van der Waals surface area contributed by atoms with E-state index in [4.69, 9.17) is 10.4 Å². The van der Waals surface area contributed by atoms with Gasteiger partial charge in [0.2, 0.25) is 0 Å². The van der Waals surface area contributed by atoms with E-state index in [2.05, 4.69) is 30.8 Å². The zero-order valence-electron chi connectivity index (χ0n) is 19.7. The zero-order chi connectivity index (χ0) is 25.5. The third kappa shape index (κ3) is 6.68. The molecule has 0 aliphatic carbocycles. The molecular formula is C25H26N8O3. The Morgan fingerprint density at radius 3 is 2.36 bits per heavy atom. The van der Waals surface area contributed by atoms with Crippen molar-refractivity contribution in [1.29, 1.82) is 5.26 Å². The number of amides is 2. The van der Waals surface area contributed by atoms with Gasteiger partial charge in [-0.05, 0) is 49.4 Å². The first kappa shape index (κ1) is 24.4. The lowest BCUT2D eigenvalue weighted by molar-refractivity contribution is -0.138. The minimum Gasteiger partial charge on any atom is -0.480 e. The summed E-state index contributed by atoms with van der Waals surface area (Å²) in [5.74, 6) is 1.23. The van der Waals surface area contributed by atoms with E-state index in [0.717, 1.165) is 11.5 Å². The molecule has 4 rings (SSSR count). The number of aromatic nitrogens is 2. The molecule has 2 aromatic carbocycles. The molecule has 0 bridgehead atoms. The molecule has 0 spiro atoms. The van der Waals surface area contributed by atoms with Crippen molar-refractivity contribution in [1.82, 2.24) is 14.9 Å². The van der Waals surface area contributed by atoms with Crippen molar-refractivity contribution in [3.8, 4) is 6.07 Å². The van der Waals surface area contributed by atoms with Gasteiger partial charge >= 0.3 is 12.0 Å². The molecule has 1 fully saturated rings. The standard InChI is InChI=1S/C25H26N8O3/c1-17-27-22(14-23(28-17)33-11-9-32(10-12-33)16-24(34)35)29-19-5-7-20(8-6-19)30-25(36)31-21-4-2-3-18(13-21)15-26/h2-8,13-14H,9-12,16H2,1H3,(H,34,35)(H,27,28,29)(H2,30,31,36). The fourth-order valence-electron chi connectivity index (χ4n) is 3.85. The van der Waals surface area contributed by atoms with E-state index in [-0.39, 0.29) is 6.54 Å². The molecule has 2 heterocycles. The minimum absolute atomic E-state index is 0.0460. The molecule has 0 unspecified atom stereocenters. The average Bonchev–Trinajstić information content (AvgIpc) is 2.85. The number of carboxylic acid groups (broad SMARTS) is 1. The van der Waals surface area contributed by atoms with Crippen molar-refractivity contribution < 1.29 is 14.7 Å². The van der Waals surface area contributed by atoms with E-state index in [1.165, 1.54) is 0 Å². The Balaban J connectivity index is 1.35. The third-order valence-corrected chi connectivity index (χ3v) is 5.54. The number of aliphatic carboxylic acids is 1. The number of aryl methyl sites for hydroxylation is 1. The second kappa shape index (κ2) is 11.2. The van der Waals surface area contributed by atoms with Crippen LogP contribution in [0, 0.1) is 18.3 Å². The summed E-state index contributed by atoms with van der Waals surface area (Å²) in [7, 11) is 0. The number of carboxylic acids is 1. The number of carbonyl (C=O) groups excluding carboxylic acids is 1. The van der Waals surface area contributed by atoms with E-state index in [1.807, 2.05) is 36.1 Å². The van der Waals surface area contributed by atoms with Crippen LogP contribution in [0.1, 0.15) is 11.4 Å². The maximum Gasteiger partial charge on any atom is 0.323 e. The van der Waals surface area contributed by atoms with Crippen LogP contribution in [-0.2, 0) is 4.79 Å². The number of rotatable bonds is 7. The van der Waals surface area contributed by atoms with Gasteiger partial charge in [-0.3, -0.25) is 9.69 Å². The Kier molecular flexibility index (Phi) is 7.57. The van der Waals surface area contributed by atoms with Crippen LogP contribution < -0.4 is 20.9 Å². The molecule has 1 saturated heterocycles. The van der Waals surface area contributed by atoms with Crippen LogP contribution >= 0.6 is 0 Å². The van der Waals surface area contributed by atoms with Gasteiger partial charge in [0, 0.05) is 49.3 Å².